The van der Waals surface area contributed by atoms with Crippen LogP contribution in [-0.2, 0) is 6.42 Å². The van der Waals surface area contributed by atoms with Crippen LogP contribution >= 0.6 is 0 Å². The van der Waals surface area contributed by atoms with E-state index in [1.165, 1.54) is 16.9 Å². The zero-order valence-electron chi connectivity index (χ0n) is 7.35. The standard InChI is InChI=1S/C10H14N2/c1-2-8-4-3-5-9-10(8)12-7-6-11-9/h3-5,11-12H,2,6-7H2,1H3. The van der Waals surface area contributed by atoms with Gasteiger partial charge in [-0.15, -0.1) is 0 Å². The topological polar surface area (TPSA) is 24.1 Å². The summed E-state index contributed by atoms with van der Waals surface area (Å²) >= 11 is 0. The normalized spacial score (nSPS) is 14.4. The molecule has 0 radical (unpaired) electrons. The Bertz CT molecular complexity index is 267. The molecule has 0 amide bonds. The summed E-state index contributed by atoms with van der Waals surface area (Å²) in [6.07, 6.45) is 1.10. The van der Waals surface area contributed by atoms with Gasteiger partial charge in [0.2, 0.25) is 0 Å². The van der Waals surface area contributed by atoms with Crippen molar-refractivity contribution in [3.05, 3.63) is 23.8 Å². The van der Waals surface area contributed by atoms with Crippen LogP contribution in [0.3, 0.4) is 0 Å². The summed E-state index contributed by atoms with van der Waals surface area (Å²) < 4.78 is 0. The van der Waals surface area contributed by atoms with Crippen molar-refractivity contribution in [2.45, 2.75) is 13.3 Å². The van der Waals surface area contributed by atoms with Gasteiger partial charge >= 0.3 is 0 Å². The maximum absolute atomic E-state index is 3.42. The fourth-order valence-corrected chi connectivity index (χ4v) is 1.64. The average molecular weight is 162 g/mol. The summed E-state index contributed by atoms with van der Waals surface area (Å²) in [6.45, 7) is 4.25. The Kier molecular flexibility index (Phi) is 1.90. The quantitative estimate of drug-likeness (QED) is 0.660. The molecule has 0 bridgehead atoms. The summed E-state index contributed by atoms with van der Waals surface area (Å²) in [5.74, 6) is 0. The minimum Gasteiger partial charge on any atom is -0.382 e. The third kappa shape index (κ3) is 1.13. The highest BCUT2D eigenvalue weighted by molar-refractivity contribution is 5.74. The Morgan fingerprint density at radius 2 is 2.08 bits per heavy atom. The number of anilines is 2. The van der Waals surface area contributed by atoms with Crippen molar-refractivity contribution in [2.24, 2.45) is 0 Å². The highest BCUT2D eigenvalue weighted by Gasteiger charge is 2.09. The monoisotopic (exact) mass is 162 g/mol. The molecule has 0 unspecified atom stereocenters. The second kappa shape index (κ2) is 3.05. The number of nitrogens with one attached hydrogen (secondary N) is 2. The van der Waals surface area contributed by atoms with E-state index < -0.39 is 0 Å². The van der Waals surface area contributed by atoms with Gasteiger partial charge in [0.15, 0.2) is 0 Å². The number of benzene rings is 1. The molecule has 0 saturated heterocycles. The molecule has 1 aliphatic rings. The van der Waals surface area contributed by atoms with Crippen molar-refractivity contribution in [3.8, 4) is 0 Å². The molecule has 1 aromatic carbocycles. The van der Waals surface area contributed by atoms with Gasteiger partial charge < -0.3 is 10.6 Å². The van der Waals surface area contributed by atoms with Gasteiger partial charge in [-0.05, 0) is 18.1 Å². The Hall–Kier alpha value is -1.18. The summed E-state index contributed by atoms with van der Waals surface area (Å²) in [6, 6.07) is 6.41. The molecule has 2 N–H and O–H groups in total. The highest BCUT2D eigenvalue weighted by Crippen LogP contribution is 2.28. The first-order valence-corrected chi connectivity index (χ1v) is 4.51. The van der Waals surface area contributed by atoms with Crippen LogP contribution in [0.2, 0.25) is 0 Å². The molecule has 0 atom stereocenters. The predicted molar refractivity (Wildman–Crippen MR) is 52.8 cm³/mol. The minimum absolute atomic E-state index is 1.03. The molecule has 0 aliphatic carbocycles. The largest absolute Gasteiger partial charge is 0.382 e. The van der Waals surface area contributed by atoms with Gasteiger partial charge in [0, 0.05) is 13.1 Å². The third-order valence-electron chi connectivity index (χ3n) is 2.27. The minimum atomic E-state index is 1.03. The third-order valence-corrected chi connectivity index (χ3v) is 2.27. The van der Waals surface area contributed by atoms with E-state index in [1.54, 1.807) is 0 Å². The van der Waals surface area contributed by atoms with E-state index in [1.807, 2.05) is 0 Å². The lowest BCUT2D eigenvalue weighted by Crippen LogP contribution is -2.21. The van der Waals surface area contributed by atoms with Gasteiger partial charge in [0.1, 0.15) is 0 Å². The SMILES string of the molecule is CCc1cccc2c1NCCN2. The van der Waals surface area contributed by atoms with Gasteiger partial charge in [-0.3, -0.25) is 0 Å². The molecule has 12 heavy (non-hydrogen) atoms. The lowest BCUT2D eigenvalue weighted by molar-refractivity contribution is 1.02. The second-order valence-electron chi connectivity index (χ2n) is 3.05. The van der Waals surface area contributed by atoms with Crippen LogP contribution in [0.15, 0.2) is 18.2 Å². The smallest absolute Gasteiger partial charge is 0.0609 e. The summed E-state index contributed by atoms with van der Waals surface area (Å²) in [4.78, 5) is 0. The molecule has 1 heterocycles. The van der Waals surface area contributed by atoms with Crippen LogP contribution < -0.4 is 10.6 Å². The number of rotatable bonds is 1. The zero-order chi connectivity index (χ0) is 8.39. The molecule has 0 saturated carbocycles. The Morgan fingerprint density at radius 1 is 1.25 bits per heavy atom. The van der Waals surface area contributed by atoms with Crippen LogP contribution in [0.25, 0.3) is 0 Å². The zero-order valence-corrected chi connectivity index (χ0v) is 7.35. The second-order valence-corrected chi connectivity index (χ2v) is 3.05. The van der Waals surface area contributed by atoms with Crippen LogP contribution in [0.5, 0.6) is 0 Å². The predicted octanol–water partition coefficient (Wildman–Crippen LogP) is 2.09. The summed E-state index contributed by atoms with van der Waals surface area (Å²) in [7, 11) is 0. The molecule has 1 aliphatic heterocycles. The molecular weight excluding hydrogens is 148 g/mol. The fraction of sp³-hybridized carbons (Fsp3) is 0.400. The van der Waals surface area contributed by atoms with Crippen molar-refractivity contribution in [1.82, 2.24) is 0 Å². The van der Waals surface area contributed by atoms with Crippen molar-refractivity contribution in [3.63, 3.8) is 0 Å². The van der Waals surface area contributed by atoms with Crippen molar-refractivity contribution in [1.29, 1.82) is 0 Å². The maximum Gasteiger partial charge on any atom is 0.0609 e. The van der Waals surface area contributed by atoms with Crippen molar-refractivity contribution < 1.29 is 0 Å². The first-order valence-electron chi connectivity index (χ1n) is 4.51. The van der Waals surface area contributed by atoms with E-state index in [-0.39, 0.29) is 0 Å². The maximum atomic E-state index is 3.42. The molecule has 2 rings (SSSR count). The molecule has 64 valence electrons. The van der Waals surface area contributed by atoms with E-state index in [9.17, 15) is 0 Å². The van der Waals surface area contributed by atoms with Crippen LogP contribution in [0.4, 0.5) is 11.4 Å². The molecule has 0 aromatic heterocycles. The lowest BCUT2D eigenvalue weighted by Gasteiger charge is -2.22. The Balaban J connectivity index is 2.44. The van der Waals surface area contributed by atoms with Gasteiger partial charge in [-0.1, -0.05) is 19.1 Å². The van der Waals surface area contributed by atoms with Gasteiger partial charge in [-0.25, -0.2) is 0 Å². The van der Waals surface area contributed by atoms with Gasteiger partial charge in [0.05, 0.1) is 11.4 Å². The highest BCUT2D eigenvalue weighted by atomic mass is 15.0. The number of para-hydroxylation sites is 1. The number of aryl methyl sites for hydroxylation is 1. The summed E-state index contributed by atoms with van der Waals surface area (Å²) in [5, 5.41) is 6.79. The van der Waals surface area contributed by atoms with Gasteiger partial charge in [-0.2, -0.15) is 0 Å². The van der Waals surface area contributed by atoms with E-state index >= 15 is 0 Å². The first kappa shape index (κ1) is 7.47. The van der Waals surface area contributed by atoms with Crippen LogP contribution in [0.1, 0.15) is 12.5 Å². The average Bonchev–Trinajstić information content (AvgIpc) is 2.17. The molecule has 0 fully saturated rings. The van der Waals surface area contributed by atoms with Crippen molar-refractivity contribution in [2.75, 3.05) is 23.7 Å². The molecule has 2 heteroatoms. The van der Waals surface area contributed by atoms with Crippen LogP contribution in [0, 0.1) is 0 Å². The van der Waals surface area contributed by atoms with E-state index in [0.29, 0.717) is 0 Å². The Morgan fingerprint density at radius 3 is 2.92 bits per heavy atom. The van der Waals surface area contributed by atoms with Crippen molar-refractivity contribution >= 4 is 11.4 Å². The van der Waals surface area contributed by atoms with E-state index in [0.717, 1.165) is 19.5 Å². The first-order chi connectivity index (χ1) is 5.92. The molecular formula is C10H14N2. The number of hydrogen-bond donors (Lipinski definition) is 2. The lowest BCUT2D eigenvalue weighted by atomic mass is 10.1. The van der Waals surface area contributed by atoms with E-state index in [2.05, 4.69) is 35.8 Å². The number of fused-ring (bicyclic) bond motifs is 1. The van der Waals surface area contributed by atoms with E-state index in [4.69, 9.17) is 0 Å². The Labute approximate surface area is 73.0 Å². The number of hydrogen-bond acceptors (Lipinski definition) is 2. The fourth-order valence-electron chi connectivity index (χ4n) is 1.64. The molecule has 0 spiro atoms. The molecule has 1 aromatic rings. The van der Waals surface area contributed by atoms with Crippen LogP contribution in [-0.4, -0.2) is 13.1 Å². The molecule has 2 nitrogen and oxygen atoms in total. The van der Waals surface area contributed by atoms with Gasteiger partial charge in [0.25, 0.3) is 0 Å². The summed E-state index contributed by atoms with van der Waals surface area (Å²) in [5.41, 5.74) is 3.95.